The van der Waals surface area contributed by atoms with Gasteiger partial charge in [0.1, 0.15) is 6.04 Å². The van der Waals surface area contributed by atoms with Gasteiger partial charge in [0, 0.05) is 24.9 Å². The number of likely N-dealkylation sites (N-methyl/N-ethyl adjacent to an activating group) is 1. The second-order valence-corrected chi connectivity index (χ2v) is 19.7. The molecule has 0 aromatic carbocycles. The average molecular weight is 749 g/mol. The van der Waals surface area contributed by atoms with Gasteiger partial charge in [-0.2, -0.15) is 8.42 Å². The Morgan fingerprint density at radius 3 is 2.37 bits per heavy atom. The summed E-state index contributed by atoms with van der Waals surface area (Å²) in [7, 11) is 1.87. The lowest BCUT2D eigenvalue weighted by Gasteiger charge is -2.64. The Balaban J connectivity index is 0.00000136. The second kappa shape index (κ2) is 13.6. The third-order valence-corrected chi connectivity index (χ3v) is 17.2. The van der Waals surface area contributed by atoms with Gasteiger partial charge in [0.25, 0.3) is 0 Å². The number of rotatable bonds is 8. The van der Waals surface area contributed by atoms with Gasteiger partial charge in [0.15, 0.2) is 6.29 Å². The number of hydrogen-bond donors (Lipinski definition) is 2. The van der Waals surface area contributed by atoms with Crippen molar-refractivity contribution >= 4 is 23.4 Å². The van der Waals surface area contributed by atoms with E-state index in [1.807, 2.05) is 16.8 Å². The first-order valence-electron chi connectivity index (χ1n) is 20.2. The molecule has 6 aliphatic carbocycles. The zero-order valence-corrected chi connectivity index (χ0v) is 33.3. The quantitative estimate of drug-likeness (QED) is 0.352. The fourth-order valence-electron chi connectivity index (χ4n) is 14.2. The van der Waals surface area contributed by atoms with Crippen LogP contribution < -0.4 is 0 Å². The second-order valence-electron chi connectivity index (χ2n) is 19.6. The normalized spacial score (nSPS) is 47.7. The van der Waals surface area contributed by atoms with Crippen molar-refractivity contribution < 1.29 is 42.4 Å². The highest BCUT2D eigenvalue weighted by Crippen LogP contribution is 2.89. The van der Waals surface area contributed by atoms with E-state index in [2.05, 4.69) is 34.6 Å². The molecule has 12 heteroatoms. The first-order valence-corrected chi connectivity index (χ1v) is 20.9. The van der Waals surface area contributed by atoms with Gasteiger partial charge in [0.05, 0.1) is 37.6 Å². The molecule has 1 amide bonds. The van der Waals surface area contributed by atoms with Crippen molar-refractivity contribution in [2.75, 3.05) is 33.3 Å². The molecular weight excluding hydrogens is 685 g/mol. The van der Waals surface area contributed by atoms with Crippen molar-refractivity contribution in [2.24, 2.45) is 56.7 Å². The third-order valence-electron chi connectivity index (χ3n) is 17.2. The summed E-state index contributed by atoms with van der Waals surface area (Å²) in [5.41, 5.74) is 0.368. The van der Waals surface area contributed by atoms with Gasteiger partial charge in [-0.3, -0.25) is 14.5 Å². The molecule has 294 valence electrons. The van der Waals surface area contributed by atoms with Gasteiger partial charge in [-0.05, 0) is 129 Å². The lowest BCUT2D eigenvalue weighted by molar-refractivity contribution is -0.248. The maximum Gasteiger partial charge on any atom is 0.335 e. The SMILES string of the molecule is C[C@@H]1CC(CN(C)[C@@H](C)C(=O)O)OC2[C@H]1[C@@]1(C)CC[C@@]34C[C@@]35CCC(O[C@H]3CN(C(=O)CC6CC6)CCO3)C(C)(C)[C@@H]5CCC4[C@]1(C)[C@H]2O.O=S=O. The number of morpholine rings is 1. The highest BCUT2D eigenvalue weighted by Gasteiger charge is 2.84. The summed E-state index contributed by atoms with van der Waals surface area (Å²) in [5.74, 6) is 1.80. The number of fused-ring (bicyclic) bond motifs is 4. The zero-order valence-electron chi connectivity index (χ0n) is 32.5. The van der Waals surface area contributed by atoms with Crippen LogP contribution in [0, 0.1) is 56.7 Å². The Labute approximate surface area is 313 Å². The predicted octanol–water partition coefficient (Wildman–Crippen LogP) is 4.90. The minimum Gasteiger partial charge on any atom is -0.480 e. The maximum atomic E-state index is 12.9. The lowest BCUT2D eigenvalue weighted by atomic mass is 9.41. The Morgan fingerprint density at radius 1 is 1.02 bits per heavy atom. The van der Waals surface area contributed by atoms with Crippen LogP contribution in [0.15, 0.2) is 0 Å². The molecule has 2 N–H and O–H groups in total. The number of carboxylic acid groups (broad SMARTS) is 1. The fourth-order valence-corrected chi connectivity index (χ4v) is 14.2. The average Bonchev–Trinajstić information content (AvgIpc) is 4.01. The first kappa shape index (κ1) is 38.8. The number of carboxylic acids is 1. The number of nitrogens with zero attached hydrogens (tertiary/aromatic N) is 2. The number of ether oxygens (including phenoxy) is 3. The Morgan fingerprint density at radius 2 is 1.69 bits per heavy atom. The topological polar surface area (TPSA) is 143 Å². The van der Waals surface area contributed by atoms with E-state index in [4.69, 9.17) is 22.6 Å². The van der Waals surface area contributed by atoms with E-state index in [9.17, 15) is 19.8 Å². The van der Waals surface area contributed by atoms with Crippen LogP contribution in [-0.2, 0) is 35.4 Å². The van der Waals surface area contributed by atoms with Crippen LogP contribution in [0.25, 0.3) is 0 Å². The van der Waals surface area contributed by atoms with E-state index in [-0.39, 0.29) is 52.2 Å². The molecule has 2 spiro atoms. The molecule has 0 aromatic heterocycles. The third kappa shape index (κ3) is 5.80. The summed E-state index contributed by atoms with van der Waals surface area (Å²) < 4.78 is 36.4. The van der Waals surface area contributed by atoms with Crippen molar-refractivity contribution in [2.45, 2.75) is 149 Å². The molecule has 4 unspecified atom stereocenters. The Hall–Kier alpha value is -1.44. The molecule has 0 aromatic rings. The standard InChI is InChI=1S/C40H64N2O7.O2S/c1-23-18-26(20-41(7)24(2)35(45)46)48-33-32(23)37(5)14-15-40-22-39(40)13-12-29(36(3,4)27(39)10-11-28(40)38(37,6)34(33)44)49-31-21-42(16-17-47-31)30(43)19-25-8-9-25;1-3-2/h23-29,31-34,44H,8-22H2,1-7H3,(H,45,46);/t23-,24+,26?,27+,28?,29?,31+,32+,33?,34+,37-,38-,39-,40+;/m1./s1. The molecule has 8 rings (SSSR count). The van der Waals surface area contributed by atoms with Gasteiger partial charge in [-0.15, -0.1) is 0 Å². The van der Waals surface area contributed by atoms with Crippen molar-refractivity contribution in [1.29, 1.82) is 0 Å². The lowest BCUT2D eigenvalue weighted by Crippen LogP contribution is -2.60. The summed E-state index contributed by atoms with van der Waals surface area (Å²) in [6, 6.07) is -0.570. The predicted molar refractivity (Wildman–Crippen MR) is 193 cm³/mol. The van der Waals surface area contributed by atoms with Gasteiger partial charge in [0.2, 0.25) is 5.91 Å². The summed E-state index contributed by atoms with van der Waals surface area (Å²) in [4.78, 5) is 28.4. The molecule has 0 radical (unpaired) electrons. The molecule has 8 fully saturated rings. The van der Waals surface area contributed by atoms with Crippen LogP contribution in [0.5, 0.6) is 0 Å². The Kier molecular flexibility index (Phi) is 10.2. The molecular formula is C40H64N2O9S. The van der Waals surface area contributed by atoms with E-state index in [0.29, 0.717) is 67.7 Å². The smallest absolute Gasteiger partial charge is 0.335 e. The van der Waals surface area contributed by atoms with Crippen LogP contribution in [0.2, 0.25) is 0 Å². The largest absolute Gasteiger partial charge is 0.480 e. The van der Waals surface area contributed by atoms with Crippen LogP contribution in [0.1, 0.15) is 112 Å². The van der Waals surface area contributed by atoms with E-state index < -0.39 is 29.7 Å². The maximum absolute atomic E-state index is 12.9. The molecule has 14 atom stereocenters. The minimum absolute atomic E-state index is 0.00424. The van der Waals surface area contributed by atoms with E-state index in [0.717, 1.165) is 25.7 Å². The van der Waals surface area contributed by atoms with Crippen LogP contribution >= 0.6 is 0 Å². The number of amides is 1. The molecule has 0 bridgehead atoms. The van der Waals surface area contributed by atoms with Gasteiger partial charge < -0.3 is 29.3 Å². The van der Waals surface area contributed by atoms with Crippen molar-refractivity contribution in [3.8, 4) is 0 Å². The highest BCUT2D eigenvalue weighted by atomic mass is 32.1. The molecule has 2 saturated heterocycles. The van der Waals surface area contributed by atoms with E-state index in [1.165, 1.54) is 38.5 Å². The first-order chi connectivity index (χ1) is 24.5. The van der Waals surface area contributed by atoms with E-state index in [1.54, 1.807) is 6.92 Å². The molecule has 2 aliphatic heterocycles. The number of aliphatic hydroxyl groups is 1. The fraction of sp³-hybridized carbons (Fsp3) is 0.950. The van der Waals surface area contributed by atoms with Gasteiger partial charge >= 0.3 is 17.5 Å². The molecule has 11 nitrogen and oxygen atoms in total. The minimum atomic E-state index is -0.816. The summed E-state index contributed by atoms with van der Waals surface area (Å²) >= 11 is -0.750. The summed E-state index contributed by atoms with van der Waals surface area (Å²) in [6.45, 7) is 16.3. The molecule has 6 saturated carbocycles. The molecule has 52 heavy (non-hydrogen) atoms. The van der Waals surface area contributed by atoms with Crippen molar-refractivity contribution in [3.05, 3.63) is 0 Å². The van der Waals surface area contributed by atoms with Gasteiger partial charge in [-0.25, -0.2) is 0 Å². The number of carbonyl (C=O) groups is 2. The summed E-state index contributed by atoms with van der Waals surface area (Å²) in [5, 5.41) is 22.1. The summed E-state index contributed by atoms with van der Waals surface area (Å²) in [6.07, 6.45) is 11.1. The Bertz CT molecular complexity index is 1440. The van der Waals surface area contributed by atoms with E-state index >= 15 is 0 Å². The highest BCUT2D eigenvalue weighted by molar-refractivity contribution is 7.51. The molecule has 2 heterocycles. The number of carbonyl (C=O) groups excluding carboxylic acids is 1. The van der Waals surface area contributed by atoms with Gasteiger partial charge in [-0.1, -0.05) is 34.6 Å². The van der Waals surface area contributed by atoms with Crippen molar-refractivity contribution in [3.63, 3.8) is 0 Å². The van der Waals surface area contributed by atoms with Crippen LogP contribution in [0.3, 0.4) is 0 Å². The zero-order chi connectivity index (χ0) is 37.6. The molecule has 8 aliphatic rings. The van der Waals surface area contributed by atoms with Crippen molar-refractivity contribution in [1.82, 2.24) is 9.80 Å². The monoisotopic (exact) mass is 748 g/mol. The number of aliphatic hydroxyl groups excluding tert-OH is 1. The number of hydrogen-bond acceptors (Lipinski definition) is 9. The number of aliphatic carboxylic acids is 1. The van der Waals surface area contributed by atoms with Crippen LogP contribution in [-0.4, -0.2) is 110 Å². The van der Waals surface area contributed by atoms with Crippen LogP contribution in [0.4, 0.5) is 0 Å².